The molecule has 0 heterocycles. The van der Waals surface area contributed by atoms with Gasteiger partial charge >= 0.3 is 0 Å². The maximum absolute atomic E-state index is 12.8. The maximum atomic E-state index is 12.8. The number of amides is 1. The molecule has 0 spiro atoms. The van der Waals surface area contributed by atoms with Crippen molar-refractivity contribution >= 4 is 11.6 Å². The molecular formula is C22H21NO3. The minimum absolute atomic E-state index is 0.0872. The smallest absolute Gasteiger partial charge is 0.258 e. The third kappa shape index (κ3) is 3.70. The van der Waals surface area contributed by atoms with Gasteiger partial charge in [-0.2, -0.15) is 0 Å². The molecular weight excluding hydrogens is 326 g/mol. The Hall–Kier alpha value is -3.27. The standard InChI is InChI=1S/C22H21NO3/c1-23(22(24)18-7-5-9-21(15-18)26-3)19-8-4-6-17(14-19)16-10-12-20(25-2)13-11-16/h4-15H,1-3H3. The van der Waals surface area contributed by atoms with E-state index in [0.29, 0.717) is 11.3 Å². The third-order valence-electron chi connectivity index (χ3n) is 4.28. The Kier molecular flexibility index (Phi) is 5.23. The van der Waals surface area contributed by atoms with Crippen molar-refractivity contribution in [2.75, 3.05) is 26.2 Å². The Morgan fingerprint density at radius 1 is 0.769 bits per heavy atom. The van der Waals surface area contributed by atoms with Gasteiger partial charge < -0.3 is 14.4 Å². The number of nitrogens with zero attached hydrogens (tertiary/aromatic N) is 1. The molecule has 1 amide bonds. The highest BCUT2D eigenvalue weighted by Gasteiger charge is 2.14. The van der Waals surface area contributed by atoms with Crippen LogP contribution in [0.5, 0.6) is 11.5 Å². The number of ether oxygens (including phenoxy) is 2. The van der Waals surface area contributed by atoms with Crippen molar-refractivity contribution in [2.45, 2.75) is 0 Å². The molecule has 3 aromatic rings. The number of carbonyl (C=O) groups is 1. The van der Waals surface area contributed by atoms with E-state index in [1.54, 1.807) is 38.3 Å². The summed E-state index contributed by atoms with van der Waals surface area (Å²) in [7, 11) is 5.01. The van der Waals surface area contributed by atoms with Gasteiger partial charge in [-0.1, -0.05) is 30.3 Å². The van der Waals surface area contributed by atoms with Crippen molar-refractivity contribution < 1.29 is 14.3 Å². The first kappa shape index (κ1) is 17.5. The molecule has 0 radical (unpaired) electrons. The van der Waals surface area contributed by atoms with Crippen molar-refractivity contribution in [3.8, 4) is 22.6 Å². The van der Waals surface area contributed by atoms with Crippen LogP contribution in [-0.2, 0) is 0 Å². The Bertz CT molecular complexity index is 903. The molecule has 0 bridgehead atoms. The topological polar surface area (TPSA) is 38.8 Å². The fourth-order valence-corrected chi connectivity index (χ4v) is 2.74. The van der Waals surface area contributed by atoms with E-state index in [1.165, 1.54) is 0 Å². The summed E-state index contributed by atoms with van der Waals surface area (Å²) in [5.41, 5.74) is 3.51. The van der Waals surface area contributed by atoms with Gasteiger partial charge in [0.15, 0.2) is 0 Å². The molecule has 0 aliphatic rings. The Morgan fingerprint density at radius 2 is 1.46 bits per heavy atom. The number of hydrogen-bond acceptors (Lipinski definition) is 3. The minimum Gasteiger partial charge on any atom is -0.497 e. The second-order valence-corrected chi connectivity index (χ2v) is 5.87. The molecule has 3 rings (SSSR count). The zero-order valence-corrected chi connectivity index (χ0v) is 15.1. The molecule has 26 heavy (non-hydrogen) atoms. The predicted octanol–water partition coefficient (Wildman–Crippen LogP) is 4.65. The third-order valence-corrected chi connectivity index (χ3v) is 4.28. The first-order chi connectivity index (χ1) is 12.6. The van der Waals surface area contributed by atoms with Crippen LogP contribution in [0, 0.1) is 0 Å². The average molecular weight is 347 g/mol. The summed E-state index contributed by atoms with van der Waals surface area (Å²) >= 11 is 0. The average Bonchev–Trinajstić information content (AvgIpc) is 2.72. The quantitative estimate of drug-likeness (QED) is 0.674. The Morgan fingerprint density at radius 3 is 2.15 bits per heavy atom. The highest BCUT2D eigenvalue weighted by atomic mass is 16.5. The van der Waals surface area contributed by atoms with Crippen molar-refractivity contribution in [2.24, 2.45) is 0 Å². The molecule has 0 saturated heterocycles. The molecule has 4 heteroatoms. The number of hydrogen-bond donors (Lipinski definition) is 0. The van der Waals surface area contributed by atoms with E-state index in [2.05, 4.69) is 0 Å². The fourth-order valence-electron chi connectivity index (χ4n) is 2.74. The van der Waals surface area contributed by atoms with Crippen LogP contribution < -0.4 is 14.4 Å². The van der Waals surface area contributed by atoms with E-state index >= 15 is 0 Å². The van der Waals surface area contributed by atoms with Gasteiger partial charge in [0.2, 0.25) is 0 Å². The van der Waals surface area contributed by atoms with Crippen molar-refractivity contribution in [1.82, 2.24) is 0 Å². The van der Waals surface area contributed by atoms with E-state index in [0.717, 1.165) is 22.6 Å². The summed E-state index contributed by atoms with van der Waals surface area (Å²) < 4.78 is 10.4. The summed E-state index contributed by atoms with van der Waals surface area (Å²) in [6.07, 6.45) is 0. The van der Waals surface area contributed by atoms with Crippen LogP contribution in [0.15, 0.2) is 72.8 Å². The number of benzene rings is 3. The highest BCUT2D eigenvalue weighted by molar-refractivity contribution is 6.06. The minimum atomic E-state index is -0.0872. The van der Waals surface area contributed by atoms with Crippen LogP contribution in [0.3, 0.4) is 0 Å². The number of rotatable bonds is 5. The van der Waals surface area contributed by atoms with Crippen LogP contribution in [0.4, 0.5) is 5.69 Å². The summed E-state index contributed by atoms with van der Waals surface area (Å²) in [6, 6.07) is 22.9. The predicted molar refractivity (Wildman–Crippen MR) is 104 cm³/mol. The monoisotopic (exact) mass is 347 g/mol. The zero-order chi connectivity index (χ0) is 18.5. The van der Waals surface area contributed by atoms with E-state index in [4.69, 9.17) is 9.47 Å². The molecule has 0 fully saturated rings. The second-order valence-electron chi connectivity index (χ2n) is 5.87. The van der Waals surface area contributed by atoms with Crippen molar-refractivity contribution in [1.29, 1.82) is 0 Å². The van der Waals surface area contributed by atoms with Gasteiger partial charge in [0.25, 0.3) is 5.91 Å². The highest BCUT2D eigenvalue weighted by Crippen LogP contribution is 2.27. The first-order valence-corrected chi connectivity index (χ1v) is 8.29. The lowest BCUT2D eigenvalue weighted by atomic mass is 10.0. The van der Waals surface area contributed by atoms with Crippen LogP contribution in [0.25, 0.3) is 11.1 Å². The van der Waals surface area contributed by atoms with Gasteiger partial charge in [0, 0.05) is 18.3 Å². The van der Waals surface area contributed by atoms with Gasteiger partial charge in [-0.3, -0.25) is 4.79 Å². The van der Waals surface area contributed by atoms with E-state index in [9.17, 15) is 4.79 Å². The number of methoxy groups -OCH3 is 2. The van der Waals surface area contributed by atoms with E-state index in [1.807, 2.05) is 60.7 Å². The lowest BCUT2D eigenvalue weighted by Crippen LogP contribution is -2.26. The zero-order valence-electron chi connectivity index (χ0n) is 15.1. The lowest BCUT2D eigenvalue weighted by molar-refractivity contribution is 0.0992. The Balaban J connectivity index is 1.87. The normalized spacial score (nSPS) is 10.3. The van der Waals surface area contributed by atoms with Crippen LogP contribution in [0.1, 0.15) is 10.4 Å². The molecule has 0 saturated carbocycles. The van der Waals surface area contributed by atoms with Crippen molar-refractivity contribution in [3.63, 3.8) is 0 Å². The SMILES string of the molecule is COc1ccc(-c2cccc(N(C)C(=O)c3cccc(OC)c3)c2)cc1. The molecule has 132 valence electrons. The second kappa shape index (κ2) is 7.74. The maximum Gasteiger partial charge on any atom is 0.258 e. The van der Waals surface area contributed by atoms with Crippen LogP contribution in [0.2, 0.25) is 0 Å². The summed E-state index contributed by atoms with van der Waals surface area (Å²) in [5, 5.41) is 0. The fraction of sp³-hybridized carbons (Fsp3) is 0.136. The lowest BCUT2D eigenvalue weighted by Gasteiger charge is -2.19. The largest absolute Gasteiger partial charge is 0.497 e. The van der Waals surface area contributed by atoms with Gasteiger partial charge in [-0.05, 0) is 53.6 Å². The van der Waals surface area contributed by atoms with E-state index < -0.39 is 0 Å². The molecule has 0 unspecified atom stereocenters. The van der Waals surface area contributed by atoms with Gasteiger partial charge in [0.05, 0.1) is 14.2 Å². The molecule has 0 aromatic heterocycles. The summed E-state index contributed by atoms with van der Waals surface area (Å²) in [6.45, 7) is 0. The van der Waals surface area contributed by atoms with Crippen LogP contribution >= 0.6 is 0 Å². The van der Waals surface area contributed by atoms with Crippen LogP contribution in [-0.4, -0.2) is 27.2 Å². The summed E-state index contributed by atoms with van der Waals surface area (Å²) in [5.74, 6) is 1.39. The molecule has 3 aromatic carbocycles. The molecule has 0 N–H and O–H groups in total. The van der Waals surface area contributed by atoms with Gasteiger partial charge in [0.1, 0.15) is 11.5 Å². The summed E-state index contributed by atoms with van der Waals surface area (Å²) in [4.78, 5) is 14.4. The molecule has 0 atom stereocenters. The molecule has 0 aliphatic heterocycles. The van der Waals surface area contributed by atoms with E-state index in [-0.39, 0.29) is 5.91 Å². The number of carbonyl (C=O) groups excluding carboxylic acids is 1. The molecule has 4 nitrogen and oxygen atoms in total. The number of anilines is 1. The Labute approximate surface area is 153 Å². The first-order valence-electron chi connectivity index (χ1n) is 8.29. The molecule has 0 aliphatic carbocycles. The van der Waals surface area contributed by atoms with Crippen molar-refractivity contribution in [3.05, 3.63) is 78.4 Å². The van der Waals surface area contributed by atoms with Gasteiger partial charge in [-0.25, -0.2) is 0 Å². The van der Waals surface area contributed by atoms with Gasteiger partial charge in [-0.15, -0.1) is 0 Å².